The monoisotopic (exact) mass is 378 g/mol. The Balaban J connectivity index is 1.86. The van der Waals surface area contributed by atoms with Crippen LogP contribution < -0.4 is 0 Å². The molecule has 1 heterocycles. The van der Waals surface area contributed by atoms with Crippen LogP contribution in [-0.2, 0) is 13.2 Å². The minimum Gasteiger partial charge on any atom is -0.343 e. The number of rotatable bonds is 3. The van der Waals surface area contributed by atoms with Crippen LogP contribution >= 0.6 is 0 Å². The number of nitrogens with zero attached hydrogens (tertiary/aromatic N) is 2. The predicted molar refractivity (Wildman–Crippen MR) is 107 cm³/mol. The first-order valence-corrected chi connectivity index (χ1v) is 8.79. The molecular formula is C23H17F3N2. The van der Waals surface area contributed by atoms with Gasteiger partial charge in [0.1, 0.15) is 0 Å². The molecule has 0 radical (unpaired) electrons. The zero-order valence-electron chi connectivity index (χ0n) is 15.1. The molecule has 0 aliphatic carbocycles. The average molecular weight is 378 g/mol. The van der Waals surface area contributed by atoms with Crippen molar-refractivity contribution in [2.24, 2.45) is 12.0 Å². The molecule has 4 rings (SSSR count). The van der Waals surface area contributed by atoms with E-state index in [4.69, 9.17) is 0 Å². The van der Waals surface area contributed by atoms with Gasteiger partial charge in [0.2, 0.25) is 0 Å². The Hall–Kier alpha value is -3.34. The minimum atomic E-state index is -4.39. The molecule has 0 atom stereocenters. The fourth-order valence-electron chi connectivity index (χ4n) is 3.40. The number of alkyl halides is 3. The molecule has 0 saturated carbocycles. The summed E-state index contributed by atoms with van der Waals surface area (Å²) in [6, 6.07) is 22.9. The van der Waals surface area contributed by atoms with Crippen molar-refractivity contribution in [1.82, 2.24) is 4.57 Å². The van der Waals surface area contributed by atoms with E-state index < -0.39 is 11.7 Å². The van der Waals surface area contributed by atoms with Crippen LogP contribution in [0.15, 0.2) is 83.9 Å². The lowest BCUT2D eigenvalue weighted by Gasteiger charge is -2.07. The number of benzene rings is 3. The van der Waals surface area contributed by atoms with Gasteiger partial charge < -0.3 is 4.57 Å². The molecule has 0 fully saturated rings. The smallest absolute Gasteiger partial charge is 0.343 e. The zero-order chi connectivity index (χ0) is 19.7. The van der Waals surface area contributed by atoms with Crippen molar-refractivity contribution in [3.8, 4) is 11.3 Å². The Labute approximate surface area is 160 Å². The molecule has 0 aliphatic heterocycles. The van der Waals surface area contributed by atoms with E-state index in [0.717, 1.165) is 39.9 Å². The summed E-state index contributed by atoms with van der Waals surface area (Å²) in [5, 5.41) is 1.000. The number of para-hydroxylation sites is 1. The second kappa shape index (κ2) is 7.00. The molecule has 1 aromatic heterocycles. The number of hydrogen-bond acceptors (Lipinski definition) is 1. The average Bonchev–Trinajstić information content (AvgIpc) is 2.99. The molecule has 5 heteroatoms. The third-order valence-electron chi connectivity index (χ3n) is 4.71. The van der Waals surface area contributed by atoms with E-state index >= 15 is 0 Å². The minimum absolute atomic E-state index is 0.266. The van der Waals surface area contributed by atoms with Gasteiger partial charge in [-0.05, 0) is 29.8 Å². The standard InChI is InChI=1S/C23H17F3N2/c1-28-21-13-6-5-12-19(21)20(22(28)16-8-3-2-4-9-16)15-27-18-11-7-10-17(14-18)23(24,25)26/h2-15H,1H3. The quantitative estimate of drug-likeness (QED) is 0.357. The number of aryl methyl sites for hydroxylation is 1. The molecular weight excluding hydrogens is 361 g/mol. The first-order chi connectivity index (χ1) is 13.4. The lowest BCUT2D eigenvalue weighted by Crippen LogP contribution is -2.03. The van der Waals surface area contributed by atoms with Crippen LogP contribution in [-0.4, -0.2) is 10.8 Å². The highest BCUT2D eigenvalue weighted by molar-refractivity contribution is 6.07. The first kappa shape index (κ1) is 18.0. The summed E-state index contributed by atoms with van der Waals surface area (Å²) < 4.78 is 41.0. The van der Waals surface area contributed by atoms with Crippen LogP contribution in [0.5, 0.6) is 0 Å². The van der Waals surface area contributed by atoms with Crippen LogP contribution in [0, 0.1) is 0 Å². The summed E-state index contributed by atoms with van der Waals surface area (Å²) in [6.07, 6.45) is -2.74. The number of aromatic nitrogens is 1. The van der Waals surface area contributed by atoms with E-state index in [2.05, 4.69) is 9.56 Å². The Morgan fingerprint density at radius 3 is 2.32 bits per heavy atom. The van der Waals surface area contributed by atoms with Crippen LogP contribution in [0.3, 0.4) is 0 Å². The van der Waals surface area contributed by atoms with E-state index in [1.54, 1.807) is 12.3 Å². The van der Waals surface area contributed by atoms with Gasteiger partial charge in [-0.25, -0.2) is 0 Å². The summed E-state index contributed by atoms with van der Waals surface area (Å²) in [5.41, 5.74) is 3.46. The van der Waals surface area contributed by atoms with Crippen LogP contribution in [0.4, 0.5) is 18.9 Å². The second-order valence-electron chi connectivity index (χ2n) is 6.51. The molecule has 0 aliphatic rings. The van der Waals surface area contributed by atoms with Crippen LogP contribution in [0.2, 0.25) is 0 Å². The Kier molecular flexibility index (Phi) is 4.51. The van der Waals surface area contributed by atoms with Crippen LogP contribution in [0.25, 0.3) is 22.2 Å². The normalized spacial score (nSPS) is 12.1. The van der Waals surface area contributed by atoms with Gasteiger partial charge in [0, 0.05) is 29.7 Å². The van der Waals surface area contributed by atoms with E-state index in [-0.39, 0.29) is 5.69 Å². The van der Waals surface area contributed by atoms with Gasteiger partial charge in [-0.2, -0.15) is 13.2 Å². The first-order valence-electron chi connectivity index (χ1n) is 8.79. The van der Waals surface area contributed by atoms with Crippen molar-refractivity contribution in [2.45, 2.75) is 6.18 Å². The van der Waals surface area contributed by atoms with Crippen molar-refractivity contribution in [2.75, 3.05) is 0 Å². The molecule has 2 nitrogen and oxygen atoms in total. The van der Waals surface area contributed by atoms with Gasteiger partial charge >= 0.3 is 6.18 Å². The van der Waals surface area contributed by atoms with Crippen molar-refractivity contribution < 1.29 is 13.2 Å². The maximum atomic E-state index is 13.0. The highest BCUT2D eigenvalue weighted by Gasteiger charge is 2.30. The van der Waals surface area contributed by atoms with Gasteiger partial charge in [0.25, 0.3) is 0 Å². The highest BCUT2D eigenvalue weighted by Crippen LogP contribution is 2.33. The van der Waals surface area contributed by atoms with Gasteiger partial charge in [-0.3, -0.25) is 4.99 Å². The number of fused-ring (bicyclic) bond motifs is 1. The summed E-state index contributed by atoms with van der Waals surface area (Å²) in [4.78, 5) is 4.36. The second-order valence-corrected chi connectivity index (χ2v) is 6.51. The van der Waals surface area contributed by atoms with E-state index in [1.165, 1.54) is 6.07 Å². The summed E-state index contributed by atoms with van der Waals surface area (Å²) >= 11 is 0. The topological polar surface area (TPSA) is 17.3 Å². The lowest BCUT2D eigenvalue weighted by atomic mass is 10.1. The molecule has 140 valence electrons. The van der Waals surface area contributed by atoms with Crippen molar-refractivity contribution >= 4 is 22.8 Å². The highest BCUT2D eigenvalue weighted by atomic mass is 19.4. The zero-order valence-corrected chi connectivity index (χ0v) is 15.1. The maximum Gasteiger partial charge on any atom is 0.416 e. The Morgan fingerprint density at radius 2 is 1.57 bits per heavy atom. The van der Waals surface area contributed by atoms with E-state index in [1.807, 2.05) is 61.6 Å². The number of halogens is 3. The third kappa shape index (κ3) is 3.31. The molecule has 0 saturated heterocycles. The van der Waals surface area contributed by atoms with E-state index in [9.17, 15) is 13.2 Å². The van der Waals surface area contributed by atoms with Crippen molar-refractivity contribution in [3.05, 3.63) is 90.0 Å². The predicted octanol–water partition coefficient (Wildman–Crippen LogP) is 6.61. The molecule has 0 bridgehead atoms. The molecule has 0 spiro atoms. The SMILES string of the molecule is Cn1c(-c2ccccc2)c(C=Nc2cccc(C(F)(F)F)c2)c2ccccc21. The molecule has 3 aromatic carbocycles. The van der Waals surface area contributed by atoms with Gasteiger partial charge in [-0.15, -0.1) is 0 Å². The molecule has 28 heavy (non-hydrogen) atoms. The van der Waals surface area contributed by atoms with E-state index in [0.29, 0.717) is 0 Å². The lowest BCUT2D eigenvalue weighted by molar-refractivity contribution is -0.137. The molecule has 0 unspecified atom stereocenters. The summed E-state index contributed by atoms with van der Waals surface area (Å²) in [5.74, 6) is 0. The molecule has 0 amide bonds. The Morgan fingerprint density at radius 1 is 0.857 bits per heavy atom. The summed E-state index contributed by atoms with van der Waals surface area (Å²) in [6.45, 7) is 0. The molecule has 4 aromatic rings. The number of aliphatic imine (C=N–C) groups is 1. The summed E-state index contributed by atoms with van der Waals surface area (Å²) in [7, 11) is 1.98. The van der Waals surface area contributed by atoms with Crippen molar-refractivity contribution in [1.29, 1.82) is 0 Å². The van der Waals surface area contributed by atoms with Gasteiger partial charge in [0.15, 0.2) is 0 Å². The Bertz CT molecular complexity index is 1160. The fraction of sp³-hybridized carbons (Fsp3) is 0.0870. The van der Waals surface area contributed by atoms with Gasteiger partial charge in [0.05, 0.1) is 16.9 Å². The number of hydrogen-bond donors (Lipinski definition) is 0. The molecule has 0 N–H and O–H groups in total. The van der Waals surface area contributed by atoms with Crippen LogP contribution in [0.1, 0.15) is 11.1 Å². The fourth-order valence-corrected chi connectivity index (χ4v) is 3.40. The van der Waals surface area contributed by atoms with Gasteiger partial charge in [-0.1, -0.05) is 54.6 Å². The third-order valence-corrected chi connectivity index (χ3v) is 4.71. The maximum absolute atomic E-state index is 13.0. The largest absolute Gasteiger partial charge is 0.416 e. The van der Waals surface area contributed by atoms with Crippen molar-refractivity contribution in [3.63, 3.8) is 0 Å².